The molecule has 0 fully saturated rings. The normalized spacial score (nSPS) is 15.3. The fraction of sp³-hybridized carbons (Fsp3) is 0.438. The molecular weight excluding hydrogens is 270 g/mol. The predicted octanol–water partition coefficient (Wildman–Crippen LogP) is 3.48. The quantitative estimate of drug-likeness (QED) is 0.936. The molecular formula is C16H20ClN3. The molecule has 2 N–H and O–H groups in total. The third-order valence-electron chi connectivity index (χ3n) is 4.04. The molecule has 20 heavy (non-hydrogen) atoms. The molecule has 3 rings (SSSR count). The van der Waals surface area contributed by atoms with Crippen molar-refractivity contribution >= 4 is 11.6 Å². The number of rotatable bonds is 4. The maximum Gasteiger partial charge on any atom is 0.0837 e. The summed E-state index contributed by atoms with van der Waals surface area (Å²) in [6.45, 7) is 2.97. The SMILES string of the molecule is CCCn1ncc(Cl)c1C(N)c1ccc2c(c1)CCC2. The number of hydrogen-bond acceptors (Lipinski definition) is 2. The van der Waals surface area contributed by atoms with E-state index in [9.17, 15) is 0 Å². The first-order chi connectivity index (χ1) is 9.70. The average molecular weight is 290 g/mol. The molecule has 1 aliphatic rings. The molecule has 1 atom stereocenters. The molecule has 3 nitrogen and oxygen atoms in total. The van der Waals surface area contributed by atoms with Crippen LogP contribution in [0.25, 0.3) is 0 Å². The second kappa shape index (κ2) is 5.58. The molecule has 1 aromatic carbocycles. The molecule has 0 saturated heterocycles. The molecule has 106 valence electrons. The van der Waals surface area contributed by atoms with Crippen LogP contribution in [0.5, 0.6) is 0 Å². The summed E-state index contributed by atoms with van der Waals surface area (Å²) >= 11 is 6.28. The zero-order valence-corrected chi connectivity index (χ0v) is 12.5. The van der Waals surface area contributed by atoms with Crippen LogP contribution in [-0.2, 0) is 19.4 Å². The summed E-state index contributed by atoms with van der Waals surface area (Å²) in [5.41, 5.74) is 11.4. The van der Waals surface area contributed by atoms with E-state index in [1.807, 2.05) is 4.68 Å². The lowest BCUT2D eigenvalue weighted by molar-refractivity contribution is 0.560. The van der Waals surface area contributed by atoms with Gasteiger partial charge in [-0.3, -0.25) is 4.68 Å². The Morgan fingerprint density at radius 1 is 1.35 bits per heavy atom. The molecule has 0 radical (unpaired) electrons. The second-order valence-corrected chi connectivity index (χ2v) is 5.87. The first-order valence-corrected chi connectivity index (χ1v) is 7.67. The Balaban J connectivity index is 1.96. The highest BCUT2D eigenvalue weighted by Gasteiger charge is 2.20. The Bertz CT molecular complexity index is 618. The Kier molecular flexibility index (Phi) is 3.81. The number of benzene rings is 1. The molecule has 0 aliphatic heterocycles. The van der Waals surface area contributed by atoms with E-state index in [0.717, 1.165) is 30.6 Å². The van der Waals surface area contributed by atoms with E-state index in [1.54, 1.807) is 6.20 Å². The van der Waals surface area contributed by atoms with Crippen LogP contribution in [0.2, 0.25) is 5.02 Å². The van der Waals surface area contributed by atoms with E-state index in [2.05, 4.69) is 30.2 Å². The highest BCUT2D eigenvalue weighted by atomic mass is 35.5. The minimum atomic E-state index is -0.206. The molecule has 0 spiro atoms. The third-order valence-corrected chi connectivity index (χ3v) is 4.34. The highest BCUT2D eigenvalue weighted by molar-refractivity contribution is 6.31. The Hall–Kier alpha value is -1.32. The summed E-state index contributed by atoms with van der Waals surface area (Å²) in [4.78, 5) is 0. The van der Waals surface area contributed by atoms with Crippen LogP contribution in [0.1, 0.15) is 48.2 Å². The van der Waals surface area contributed by atoms with E-state index in [1.165, 1.54) is 24.0 Å². The maximum absolute atomic E-state index is 6.44. The molecule has 1 heterocycles. The van der Waals surface area contributed by atoms with Crippen molar-refractivity contribution in [2.75, 3.05) is 0 Å². The zero-order chi connectivity index (χ0) is 14.1. The van der Waals surface area contributed by atoms with Crippen molar-refractivity contribution in [2.45, 2.75) is 45.2 Å². The van der Waals surface area contributed by atoms with Crippen LogP contribution in [0.4, 0.5) is 0 Å². The Labute approximate surface area is 124 Å². The van der Waals surface area contributed by atoms with Gasteiger partial charge in [0.15, 0.2) is 0 Å². The van der Waals surface area contributed by atoms with Crippen molar-refractivity contribution < 1.29 is 0 Å². The number of nitrogens with two attached hydrogens (primary N) is 1. The van der Waals surface area contributed by atoms with Crippen molar-refractivity contribution in [3.8, 4) is 0 Å². The van der Waals surface area contributed by atoms with E-state index in [0.29, 0.717) is 5.02 Å². The Morgan fingerprint density at radius 3 is 2.95 bits per heavy atom. The number of fused-ring (bicyclic) bond motifs is 1. The fourth-order valence-corrected chi connectivity index (χ4v) is 3.27. The molecule has 0 bridgehead atoms. The van der Waals surface area contributed by atoms with Gasteiger partial charge in [0.05, 0.1) is 23.0 Å². The van der Waals surface area contributed by atoms with Gasteiger partial charge in [-0.1, -0.05) is 36.7 Å². The van der Waals surface area contributed by atoms with Crippen LogP contribution in [-0.4, -0.2) is 9.78 Å². The monoisotopic (exact) mass is 289 g/mol. The standard InChI is InChI=1S/C16H20ClN3/c1-2-8-20-16(14(17)10-19-20)15(18)13-7-6-11-4-3-5-12(11)9-13/h6-7,9-10,15H,2-5,8,18H2,1H3. The number of aryl methyl sites for hydroxylation is 3. The van der Waals surface area contributed by atoms with Crippen molar-refractivity contribution in [3.05, 3.63) is 51.8 Å². The van der Waals surface area contributed by atoms with Gasteiger partial charge in [0.1, 0.15) is 0 Å². The van der Waals surface area contributed by atoms with Crippen molar-refractivity contribution in [1.29, 1.82) is 0 Å². The van der Waals surface area contributed by atoms with Gasteiger partial charge in [0.2, 0.25) is 0 Å². The largest absolute Gasteiger partial charge is 0.319 e. The van der Waals surface area contributed by atoms with Gasteiger partial charge in [0, 0.05) is 6.54 Å². The van der Waals surface area contributed by atoms with Crippen LogP contribution in [0, 0.1) is 0 Å². The summed E-state index contributed by atoms with van der Waals surface area (Å²) in [6.07, 6.45) is 6.32. The lowest BCUT2D eigenvalue weighted by atomic mass is 9.99. The van der Waals surface area contributed by atoms with Crippen LogP contribution in [0.15, 0.2) is 24.4 Å². The van der Waals surface area contributed by atoms with Crippen molar-refractivity contribution in [2.24, 2.45) is 5.73 Å². The first-order valence-electron chi connectivity index (χ1n) is 7.29. The van der Waals surface area contributed by atoms with E-state index >= 15 is 0 Å². The topological polar surface area (TPSA) is 43.8 Å². The van der Waals surface area contributed by atoms with Gasteiger partial charge in [-0.15, -0.1) is 0 Å². The molecule has 4 heteroatoms. The summed E-state index contributed by atoms with van der Waals surface area (Å²) in [6, 6.07) is 6.38. The number of nitrogens with zero attached hydrogens (tertiary/aromatic N) is 2. The molecule has 1 aromatic heterocycles. The van der Waals surface area contributed by atoms with E-state index in [4.69, 9.17) is 17.3 Å². The molecule has 0 amide bonds. The van der Waals surface area contributed by atoms with Gasteiger partial charge in [0.25, 0.3) is 0 Å². The minimum Gasteiger partial charge on any atom is -0.319 e. The smallest absolute Gasteiger partial charge is 0.0837 e. The summed E-state index contributed by atoms with van der Waals surface area (Å²) in [7, 11) is 0. The van der Waals surface area contributed by atoms with Gasteiger partial charge in [-0.05, 0) is 42.4 Å². The minimum absolute atomic E-state index is 0.206. The number of aromatic nitrogens is 2. The fourth-order valence-electron chi connectivity index (χ4n) is 3.01. The third kappa shape index (κ3) is 2.36. The van der Waals surface area contributed by atoms with Gasteiger partial charge in [-0.2, -0.15) is 5.10 Å². The molecule has 0 saturated carbocycles. The number of hydrogen-bond donors (Lipinski definition) is 1. The summed E-state index contributed by atoms with van der Waals surface area (Å²) < 4.78 is 1.93. The lowest BCUT2D eigenvalue weighted by Gasteiger charge is -2.16. The van der Waals surface area contributed by atoms with Gasteiger partial charge < -0.3 is 5.73 Å². The van der Waals surface area contributed by atoms with Gasteiger partial charge >= 0.3 is 0 Å². The summed E-state index contributed by atoms with van der Waals surface area (Å²) in [5, 5.41) is 4.99. The molecule has 1 aliphatic carbocycles. The van der Waals surface area contributed by atoms with Crippen LogP contribution < -0.4 is 5.73 Å². The second-order valence-electron chi connectivity index (χ2n) is 5.46. The first kappa shape index (κ1) is 13.7. The van der Waals surface area contributed by atoms with E-state index in [-0.39, 0.29) is 6.04 Å². The van der Waals surface area contributed by atoms with E-state index < -0.39 is 0 Å². The predicted molar refractivity (Wildman–Crippen MR) is 82.0 cm³/mol. The molecule has 2 aromatic rings. The van der Waals surface area contributed by atoms with Crippen LogP contribution in [0.3, 0.4) is 0 Å². The highest BCUT2D eigenvalue weighted by Crippen LogP contribution is 2.30. The van der Waals surface area contributed by atoms with Crippen LogP contribution >= 0.6 is 11.6 Å². The number of halogens is 1. The van der Waals surface area contributed by atoms with Crippen molar-refractivity contribution in [3.63, 3.8) is 0 Å². The zero-order valence-electron chi connectivity index (χ0n) is 11.8. The lowest BCUT2D eigenvalue weighted by Crippen LogP contribution is -2.18. The summed E-state index contributed by atoms with van der Waals surface area (Å²) in [5.74, 6) is 0. The van der Waals surface area contributed by atoms with Crippen molar-refractivity contribution in [1.82, 2.24) is 9.78 Å². The maximum atomic E-state index is 6.44. The molecule has 1 unspecified atom stereocenters. The average Bonchev–Trinajstić information content (AvgIpc) is 3.04. The van der Waals surface area contributed by atoms with Gasteiger partial charge in [-0.25, -0.2) is 0 Å². The Morgan fingerprint density at radius 2 is 2.15 bits per heavy atom.